The topological polar surface area (TPSA) is 38.3 Å². The highest BCUT2D eigenvalue weighted by atomic mass is 32.2. The Kier molecular flexibility index (Phi) is 4.32. The van der Waals surface area contributed by atoms with Crippen LogP contribution < -0.4 is 9.46 Å². The Hall–Kier alpha value is -1.16. The van der Waals surface area contributed by atoms with Gasteiger partial charge < -0.3 is 4.74 Å². The molecule has 0 aromatic heterocycles. The lowest BCUT2D eigenvalue weighted by Gasteiger charge is -2.04. The number of carbonyl (C=O) groups is 1. The molecule has 1 N–H and O–H groups in total. The molecule has 76 valence electrons. The molecule has 0 radical (unpaired) electrons. The van der Waals surface area contributed by atoms with Crippen LogP contribution >= 0.6 is 11.9 Å². The molecule has 0 saturated carbocycles. The van der Waals surface area contributed by atoms with Crippen molar-refractivity contribution in [3.63, 3.8) is 0 Å². The molecule has 0 aliphatic carbocycles. The van der Waals surface area contributed by atoms with Gasteiger partial charge in [0.15, 0.2) is 0 Å². The quantitative estimate of drug-likeness (QED) is 0.776. The van der Waals surface area contributed by atoms with Crippen LogP contribution in [0.3, 0.4) is 0 Å². The Morgan fingerprint density at radius 2 is 2.07 bits per heavy atom. The summed E-state index contributed by atoms with van der Waals surface area (Å²) in [6.07, 6.45) is 0. The molecular weight excluding hydrogens is 198 g/mol. The Morgan fingerprint density at radius 3 is 2.57 bits per heavy atom. The summed E-state index contributed by atoms with van der Waals surface area (Å²) in [5.41, 5.74) is 0. The first-order valence-electron chi connectivity index (χ1n) is 4.38. The first-order valence-corrected chi connectivity index (χ1v) is 5.20. The van der Waals surface area contributed by atoms with Crippen LogP contribution in [-0.2, 0) is 4.79 Å². The number of nitrogens with one attached hydrogen (secondary N) is 1. The molecular formula is C10H13NO2S. The number of amides is 1. The van der Waals surface area contributed by atoms with E-state index in [9.17, 15) is 4.79 Å². The molecule has 1 rings (SSSR count). The standard InChI is InChI=1S/C10H13NO2S/c1-3-13-9-4-6-10(7-5-9)14-11-8(2)12/h4-7H,3H2,1-2H3,(H,11,12). The van der Waals surface area contributed by atoms with E-state index in [4.69, 9.17) is 4.74 Å². The van der Waals surface area contributed by atoms with Crippen molar-refractivity contribution in [2.45, 2.75) is 18.7 Å². The van der Waals surface area contributed by atoms with Crippen LogP contribution in [0.5, 0.6) is 5.75 Å². The van der Waals surface area contributed by atoms with Gasteiger partial charge in [-0.05, 0) is 43.1 Å². The van der Waals surface area contributed by atoms with Gasteiger partial charge in [0.05, 0.1) is 6.61 Å². The van der Waals surface area contributed by atoms with Gasteiger partial charge in [-0.25, -0.2) is 0 Å². The molecule has 4 heteroatoms. The maximum Gasteiger partial charge on any atom is 0.226 e. The molecule has 0 fully saturated rings. The van der Waals surface area contributed by atoms with Crippen LogP contribution in [0.1, 0.15) is 13.8 Å². The Morgan fingerprint density at radius 1 is 1.43 bits per heavy atom. The predicted molar refractivity (Wildman–Crippen MR) is 57.3 cm³/mol. The zero-order chi connectivity index (χ0) is 10.4. The summed E-state index contributed by atoms with van der Waals surface area (Å²) in [6, 6.07) is 7.58. The molecule has 0 aliphatic heterocycles. The Bertz CT molecular complexity index is 297. The monoisotopic (exact) mass is 211 g/mol. The normalized spacial score (nSPS) is 9.57. The van der Waals surface area contributed by atoms with E-state index >= 15 is 0 Å². The van der Waals surface area contributed by atoms with Crippen LogP contribution in [0.2, 0.25) is 0 Å². The highest BCUT2D eigenvalue weighted by molar-refractivity contribution is 7.98. The summed E-state index contributed by atoms with van der Waals surface area (Å²) < 4.78 is 7.94. The van der Waals surface area contributed by atoms with Crippen LogP contribution in [0.25, 0.3) is 0 Å². The van der Waals surface area contributed by atoms with Crippen molar-refractivity contribution < 1.29 is 9.53 Å². The van der Waals surface area contributed by atoms with Gasteiger partial charge in [0, 0.05) is 11.8 Å². The molecule has 0 saturated heterocycles. The highest BCUT2D eigenvalue weighted by Crippen LogP contribution is 2.18. The fraction of sp³-hybridized carbons (Fsp3) is 0.300. The smallest absolute Gasteiger partial charge is 0.226 e. The van der Waals surface area contributed by atoms with Crippen molar-refractivity contribution in [1.82, 2.24) is 4.72 Å². The fourth-order valence-corrected chi connectivity index (χ4v) is 1.44. The molecule has 3 nitrogen and oxygen atoms in total. The van der Waals surface area contributed by atoms with Crippen molar-refractivity contribution in [1.29, 1.82) is 0 Å². The first-order chi connectivity index (χ1) is 6.72. The van der Waals surface area contributed by atoms with Gasteiger partial charge in [0.25, 0.3) is 0 Å². The summed E-state index contributed by atoms with van der Waals surface area (Å²) in [5.74, 6) is 0.795. The average Bonchev–Trinajstić information content (AvgIpc) is 2.17. The van der Waals surface area contributed by atoms with E-state index in [0.717, 1.165) is 10.6 Å². The van der Waals surface area contributed by atoms with Crippen molar-refractivity contribution in [3.05, 3.63) is 24.3 Å². The number of hydrogen-bond donors (Lipinski definition) is 1. The van der Waals surface area contributed by atoms with Gasteiger partial charge in [-0.2, -0.15) is 0 Å². The van der Waals surface area contributed by atoms with Gasteiger partial charge in [0.1, 0.15) is 5.75 Å². The van der Waals surface area contributed by atoms with Crippen molar-refractivity contribution in [2.75, 3.05) is 6.61 Å². The third kappa shape index (κ3) is 3.70. The van der Waals surface area contributed by atoms with Gasteiger partial charge in [-0.15, -0.1) is 0 Å². The SMILES string of the molecule is CCOc1ccc(SNC(C)=O)cc1. The number of rotatable bonds is 4. The van der Waals surface area contributed by atoms with E-state index in [1.807, 2.05) is 31.2 Å². The third-order valence-electron chi connectivity index (χ3n) is 1.45. The third-order valence-corrected chi connectivity index (χ3v) is 2.34. The van der Waals surface area contributed by atoms with Crippen LogP contribution in [0.15, 0.2) is 29.2 Å². The summed E-state index contributed by atoms with van der Waals surface area (Å²) in [5, 5.41) is 0. The van der Waals surface area contributed by atoms with E-state index in [1.165, 1.54) is 18.9 Å². The number of carbonyl (C=O) groups excluding carboxylic acids is 1. The number of benzene rings is 1. The maximum absolute atomic E-state index is 10.6. The van der Waals surface area contributed by atoms with E-state index in [0.29, 0.717) is 6.61 Å². The Balaban J connectivity index is 2.50. The van der Waals surface area contributed by atoms with Gasteiger partial charge in [-0.3, -0.25) is 9.52 Å². The second-order valence-corrected chi connectivity index (χ2v) is 3.54. The van der Waals surface area contributed by atoms with Gasteiger partial charge in [0.2, 0.25) is 5.91 Å². The van der Waals surface area contributed by atoms with Gasteiger partial charge >= 0.3 is 0 Å². The van der Waals surface area contributed by atoms with Crippen molar-refractivity contribution in [3.8, 4) is 5.75 Å². The predicted octanol–water partition coefficient (Wildman–Crippen LogP) is 2.23. The van der Waals surface area contributed by atoms with Crippen LogP contribution in [-0.4, -0.2) is 12.5 Å². The molecule has 0 aliphatic rings. The van der Waals surface area contributed by atoms with E-state index in [1.54, 1.807) is 0 Å². The van der Waals surface area contributed by atoms with E-state index in [-0.39, 0.29) is 5.91 Å². The lowest BCUT2D eigenvalue weighted by molar-refractivity contribution is -0.117. The average molecular weight is 211 g/mol. The van der Waals surface area contributed by atoms with Crippen LogP contribution in [0, 0.1) is 0 Å². The molecule has 0 unspecified atom stereocenters. The highest BCUT2D eigenvalue weighted by Gasteiger charge is 1.96. The zero-order valence-electron chi connectivity index (χ0n) is 8.24. The molecule has 0 heterocycles. The van der Waals surface area contributed by atoms with Crippen LogP contribution in [0.4, 0.5) is 0 Å². The van der Waals surface area contributed by atoms with Crippen molar-refractivity contribution >= 4 is 17.9 Å². The zero-order valence-corrected chi connectivity index (χ0v) is 9.06. The summed E-state index contributed by atoms with van der Waals surface area (Å²) in [4.78, 5) is 11.6. The largest absolute Gasteiger partial charge is 0.494 e. The minimum atomic E-state index is -0.0520. The fourth-order valence-electron chi connectivity index (χ4n) is 0.901. The molecule has 1 aromatic rings. The number of ether oxygens (including phenoxy) is 1. The minimum Gasteiger partial charge on any atom is -0.494 e. The molecule has 1 amide bonds. The second-order valence-electron chi connectivity index (χ2n) is 2.66. The van der Waals surface area contributed by atoms with Crippen molar-refractivity contribution in [2.24, 2.45) is 0 Å². The molecule has 1 aromatic carbocycles. The molecule has 0 bridgehead atoms. The Labute approximate surface area is 88.0 Å². The maximum atomic E-state index is 10.6. The summed E-state index contributed by atoms with van der Waals surface area (Å²) >= 11 is 1.30. The summed E-state index contributed by atoms with van der Waals surface area (Å²) in [7, 11) is 0. The van der Waals surface area contributed by atoms with E-state index in [2.05, 4.69) is 4.72 Å². The minimum absolute atomic E-state index is 0.0520. The number of hydrogen-bond acceptors (Lipinski definition) is 3. The lowest BCUT2D eigenvalue weighted by atomic mass is 10.3. The first kappa shape index (κ1) is 10.9. The molecule has 0 spiro atoms. The van der Waals surface area contributed by atoms with E-state index < -0.39 is 0 Å². The lowest BCUT2D eigenvalue weighted by Crippen LogP contribution is -2.09. The molecule has 14 heavy (non-hydrogen) atoms. The summed E-state index contributed by atoms with van der Waals surface area (Å²) in [6.45, 7) is 4.10. The molecule has 0 atom stereocenters. The second kappa shape index (κ2) is 5.54. The van der Waals surface area contributed by atoms with Gasteiger partial charge in [-0.1, -0.05) is 0 Å².